The maximum absolute atomic E-state index is 12.8. The first kappa shape index (κ1) is 57.3. The van der Waals surface area contributed by atoms with E-state index >= 15 is 0 Å². The summed E-state index contributed by atoms with van der Waals surface area (Å²) in [6, 6.07) is 15.5. The molecule has 0 atom stereocenters. The first-order valence-electron chi connectivity index (χ1n) is 21.0. The molecule has 2 aliphatic carbocycles. The fourth-order valence-corrected chi connectivity index (χ4v) is 7.25. The van der Waals surface area contributed by atoms with Crippen molar-refractivity contribution in [1.29, 1.82) is 0 Å². The van der Waals surface area contributed by atoms with Crippen LogP contribution in [0.4, 0.5) is 43.9 Å². The van der Waals surface area contributed by atoms with Gasteiger partial charge in [-0.1, -0.05) is 35.9 Å². The van der Waals surface area contributed by atoms with Gasteiger partial charge in [-0.25, -0.2) is 9.97 Å². The molecule has 67 heavy (non-hydrogen) atoms. The molecular weight excluding hydrogens is 941 g/mol. The normalized spacial score (nSPS) is 19.3. The number of benzene rings is 2. The minimum atomic E-state index is -4.46. The summed E-state index contributed by atoms with van der Waals surface area (Å²) in [6.07, 6.45) is 0.762. The van der Waals surface area contributed by atoms with Gasteiger partial charge in [0.1, 0.15) is 34.3 Å². The largest absolute Gasteiger partial charge is 1.00 e. The molecule has 1 N–H and O–H groups in total. The third kappa shape index (κ3) is 21.9. The van der Waals surface area contributed by atoms with Crippen molar-refractivity contribution in [2.75, 3.05) is 13.2 Å². The third-order valence-electron chi connectivity index (χ3n) is 10.6. The Hall–Kier alpha value is -4.01. The zero-order valence-electron chi connectivity index (χ0n) is 37.4. The van der Waals surface area contributed by atoms with Crippen molar-refractivity contribution in [1.82, 2.24) is 9.97 Å². The number of ketones is 2. The Kier molecular flexibility index (Phi) is 24.4. The van der Waals surface area contributed by atoms with E-state index in [9.17, 15) is 58.6 Å². The smallest absolute Gasteiger partial charge is 1.00 e. The fraction of sp³-hybridized carbons (Fsp3) is 0.478. The van der Waals surface area contributed by atoms with Crippen LogP contribution < -0.4 is 43.8 Å². The van der Waals surface area contributed by atoms with Gasteiger partial charge in [0.25, 0.3) is 0 Å². The van der Waals surface area contributed by atoms with Gasteiger partial charge in [-0.2, -0.15) is 43.9 Å². The molecule has 3 heterocycles. The predicted molar refractivity (Wildman–Crippen MR) is 223 cm³/mol. The number of halogens is 11. The summed E-state index contributed by atoms with van der Waals surface area (Å²) in [6.45, 7) is -3.74. The van der Waals surface area contributed by atoms with E-state index in [1.165, 1.54) is 37.1 Å². The zero-order valence-corrected chi connectivity index (χ0v) is 39.2. The number of carbonyl (C=O) groups excluding carboxylic acids is 2. The van der Waals surface area contributed by atoms with Crippen LogP contribution in [-0.2, 0) is 39.5 Å². The molecule has 3 aliphatic rings. The van der Waals surface area contributed by atoms with Gasteiger partial charge in [0.2, 0.25) is 5.88 Å². The van der Waals surface area contributed by atoms with Crippen LogP contribution in [0.3, 0.4) is 0 Å². The second kappa shape index (κ2) is 28.5. The van der Waals surface area contributed by atoms with Gasteiger partial charge >= 0.3 is 55.1 Å². The van der Waals surface area contributed by atoms with E-state index < -0.39 is 36.7 Å². The van der Waals surface area contributed by atoms with Gasteiger partial charge in [0.15, 0.2) is 0 Å². The molecule has 3 fully saturated rings. The van der Waals surface area contributed by atoms with Crippen molar-refractivity contribution < 1.29 is 109 Å². The number of aliphatic hydroxyl groups is 1. The molecule has 364 valence electrons. The van der Waals surface area contributed by atoms with Crippen LogP contribution in [0, 0.1) is 11.8 Å². The Labute approximate surface area is 409 Å². The number of carbonyl (C=O) groups is 2. The number of pyridine rings is 2. The molecule has 0 amide bonds. The van der Waals surface area contributed by atoms with E-state index in [1.54, 1.807) is 24.3 Å². The molecule has 0 spiro atoms. The van der Waals surface area contributed by atoms with E-state index in [4.69, 9.17) is 21.1 Å². The van der Waals surface area contributed by atoms with E-state index in [1.807, 2.05) is 0 Å². The number of aromatic nitrogens is 2. The molecule has 0 unspecified atom stereocenters. The summed E-state index contributed by atoms with van der Waals surface area (Å²) in [4.78, 5) is 31.9. The zero-order chi connectivity index (χ0) is 48.3. The average molecular weight is 991 g/mol. The number of alkyl halides is 10. The molecule has 21 heteroatoms. The topological polar surface area (TPSA) is 117 Å². The van der Waals surface area contributed by atoms with E-state index in [0.717, 1.165) is 68.3 Å². The Bertz CT molecular complexity index is 2060. The number of nitrogens with zero attached hydrogens (tertiary/aromatic N) is 2. The maximum Gasteiger partial charge on any atom is 1.00 e. The standard InChI is InChI=1S/C21H20F5NO3.C15H18F2O3.C6H3ClF3N.C4H8O.Na.H/c22-20(23)30-17-5-1-13(2-6-17)11-18(28)14-3-7-16(8-4-14)29-19-12-15(9-10-27-19)21(24,25)26;16-15(17)20-13-7-1-10(2-8-13)9-14(19)11-3-5-12(18)6-4-11;7-5-3-4(1-2-11-5)6(8,9)10;1-2-4-5-3-1;;/h1-2,5-6,9-10,12,14,16,20H,3-4,7-8,11H2;1-2,7-8,11-12,15,18H,3-6,9H2;1-3H;1-4H2;;/q;;;;+1;-1. The van der Waals surface area contributed by atoms with Crippen LogP contribution in [0.15, 0.2) is 85.2 Å². The first-order valence-corrected chi connectivity index (χ1v) is 21.4. The van der Waals surface area contributed by atoms with Crippen LogP contribution in [0.2, 0.25) is 5.15 Å². The van der Waals surface area contributed by atoms with Gasteiger partial charge in [-0.05, 0) is 118 Å². The first-order chi connectivity index (χ1) is 31.2. The van der Waals surface area contributed by atoms with Crippen molar-refractivity contribution in [3.63, 3.8) is 0 Å². The van der Waals surface area contributed by atoms with E-state index in [2.05, 4.69) is 19.4 Å². The molecule has 4 aromatic rings. The Morgan fingerprint density at radius 2 is 1.07 bits per heavy atom. The summed E-state index contributed by atoms with van der Waals surface area (Å²) >= 11 is 5.24. The SMILES string of the molecule is C1CCOC1.FC(F)(F)c1ccnc(Cl)c1.O=C(Cc1ccc(OC(F)F)cc1)C1CCC(O)CC1.O=C(Cc1ccc(OC(F)F)cc1)C1CCC(Oc2cc(C(F)(F)F)ccn2)CC1.[H-].[Na+]. The maximum atomic E-state index is 12.8. The van der Waals surface area contributed by atoms with Crippen LogP contribution in [0.25, 0.3) is 0 Å². The Morgan fingerprint density at radius 1 is 0.657 bits per heavy atom. The molecule has 2 aromatic carbocycles. The number of rotatable bonds is 12. The van der Waals surface area contributed by atoms with E-state index in [-0.39, 0.29) is 95.5 Å². The molecule has 1 saturated heterocycles. The summed E-state index contributed by atoms with van der Waals surface area (Å²) in [5.41, 5.74) is -0.102. The monoisotopic (exact) mass is 990 g/mol. The molecule has 7 rings (SSSR count). The average Bonchev–Trinajstić information content (AvgIpc) is 3.86. The van der Waals surface area contributed by atoms with Crippen molar-refractivity contribution in [2.45, 2.75) is 115 Å². The van der Waals surface area contributed by atoms with Crippen molar-refractivity contribution in [3.8, 4) is 17.4 Å². The van der Waals surface area contributed by atoms with Crippen LogP contribution in [-0.4, -0.2) is 65.3 Å². The second-order valence-corrected chi connectivity index (χ2v) is 15.9. The van der Waals surface area contributed by atoms with Crippen LogP contribution >= 0.6 is 11.6 Å². The second-order valence-electron chi connectivity index (χ2n) is 15.5. The van der Waals surface area contributed by atoms with Gasteiger partial charge in [-0.3, -0.25) is 9.59 Å². The number of hydrogen-bond acceptors (Lipinski definition) is 9. The van der Waals surface area contributed by atoms with Crippen molar-refractivity contribution in [2.24, 2.45) is 11.8 Å². The Balaban J connectivity index is 0.000000357. The summed E-state index contributed by atoms with van der Waals surface area (Å²) in [5, 5.41) is 9.26. The number of ether oxygens (including phenoxy) is 4. The summed E-state index contributed by atoms with van der Waals surface area (Å²) in [5.74, 6) is 0.0732. The van der Waals surface area contributed by atoms with Crippen molar-refractivity contribution in [3.05, 3.63) is 113 Å². The molecule has 0 radical (unpaired) electrons. The fourth-order valence-electron chi connectivity index (χ4n) is 7.08. The molecule has 2 saturated carbocycles. The molecular formula is C46H50ClF10N2NaO7. The van der Waals surface area contributed by atoms with Crippen molar-refractivity contribution >= 4 is 23.2 Å². The minimum Gasteiger partial charge on any atom is -1.00 e. The van der Waals surface area contributed by atoms with Gasteiger partial charge < -0.3 is 25.5 Å². The van der Waals surface area contributed by atoms with Gasteiger partial charge in [-0.15, -0.1) is 0 Å². The number of aliphatic hydroxyl groups excluding tert-OH is 1. The number of Topliss-reactive ketones (excluding diaryl/α,β-unsaturated/α-hetero) is 2. The summed E-state index contributed by atoms with van der Waals surface area (Å²) < 4.78 is 141. The third-order valence-corrected chi connectivity index (χ3v) is 10.8. The molecule has 1 aliphatic heterocycles. The van der Waals surface area contributed by atoms with Crippen LogP contribution in [0.1, 0.15) is 87.9 Å². The molecule has 0 bridgehead atoms. The Morgan fingerprint density at radius 3 is 1.45 bits per heavy atom. The molecule has 9 nitrogen and oxygen atoms in total. The van der Waals surface area contributed by atoms with Crippen LogP contribution in [0.5, 0.6) is 17.4 Å². The summed E-state index contributed by atoms with van der Waals surface area (Å²) in [7, 11) is 0. The molecule has 2 aromatic heterocycles. The van der Waals surface area contributed by atoms with Gasteiger partial charge in [0, 0.05) is 56.4 Å². The minimum absolute atomic E-state index is 0. The quantitative estimate of drug-likeness (QED) is 0.0844. The number of hydrogen-bond donors (Lipinski definition) is 1. The predicted octanol–water partition coefficient (Wildman–Crippen LogP) is 9.07. The van der Waals surface area contributed by atoms with E-state index in [0.29, 0.717) is 50.5 Å². The van der Waals surface area contributed by atoms with Gasteiger partial charge in [0.05, 0.1) is 17.2 Å².